The monoisotopic (exact) mass is 449 g/mol. The van der Waals surface area contributed by atoms with E-state index in [1.165, 1.54) is 0 Å². The fraction of sp³-hybridized carbons (Fsp3) is 0.750. The van der Waals surface area contributed by atoms with Crippen molar-refractivity contribution in [1.29, 1.82) is 5.26 Å². The van der Waals surface area contributed by atoms with Crippen molar-refractivity contribution in [1.82, 2.24) is 0 Å². The van der Waals surface area contributed by atoms with Gasteiger partial charge in [0, 0.05) is 35.5 Å². The average molecular weight is 450 g/mol. The fourth-order valence-corrected chi connectivity index (χ4v) is 8.92. The van der Waals surface area contributed by atoms with E-state index in [1.807, 2.05) is 12.2 Å². The maximum Gasteiger partial charge on any atom is 0.173 e. The SMILES string of the molecule is C[C@@H]1CC[C@@]2(OC1)O[C@H]1C[C@H]3[C@@H]4CC[C@H]5CC(=O)C(C#N)=C[C@]5(C)C4=CC(=O)[C@]3(C)[C@H]1[C@@H]2C. The largest absolute Gasteiger partial charge is 0.349 e. The molecule has 4 aliphatic carbocycles. The summed E-state index contributed by atoms with van der Waals surface area (Å²) in [6, 6.07) is 2.11. The Kier molecular flexibility index (Phi) is 4.54. The molecule has 5 nitrogen and oxygen atoms in total. The van der Waals surface area contributed by atoms with Gasteiger partial charge >= 0.3 is 0 Å². The maximum atomic E-state index is 14.0. The Morgan fingerprint density at radius 3 is 2.64 bits per heavy atom. The first-order chi connectivity index (χ1) is 15.6. The molecule has 0 aromatic carbocycles. The lowest BCUT2D eigenvalue weighted by Gasteiger charge is -2.54. The second kappa shape index (κ2) is 6.89. The Hall–Kier alpha value is -1.77. The van der Waals surface area contributed by atoms with Crippen LogP contribution >= 0.6 is 0 Å². The van der Waals surface area contributed by atoms with Crippen molar-refractivity contribution < 1.29 is 19.1 Å². The summed E-state index contributed by atoms with van der Waals surface area (Å²) in [4.78, 5) is 26.4. The predicted molar refractivity (Wildman–Crippen MR) is 122 cm³/mol. The fourth-order valence-electron chi connectivity index (χ4n) is 8.92. The summed E-state index contributed by atoms with van der Waals surface area (Å²) in [5.74, 6) is 1.29. The first-order valence-corrected chi connectivity index (χ1v) is 12.9. The zero-order valence-electron chi connectivity index (χ0n) is 20.2. The normalized spacial score (nSPS) is 52.9. The van der Waals surface area contributed by atoms with E-state index < -0.39 is 11.2 Å². The van der Waals surface area contributed by atoms with Crippen molar-refractivity contribution in [2.24, 2.45) is 46.3 Å². The van der Waals surface area contributed by atoms with Crippen LogP contribution in [0.5, 0.6) is 0 Å². The van der Waals surface area contributed by atoms with Gasteiger partial charge in [-0.25, -0.2) is 0 Å². The molecule has 0 amide bonds. The summed E-state index contributed by atoms with van der Waals surface area (Å²) >= 11 is 0. The highest BCUT2D eigenvalue weighted by atomic mass is 16.7. The van der Waals surface area contributed by atoms with Crippen LogP contribution < -0.4 is 0 Å². The molecule has 6 aliphatic rings. The molecule has 2 saturated carbocycles. The molecule has 1 spiro atoms. The van der Waals surface area contributed by atoms with Gasteiger partial charge in [0.05, 0.1) is 18.3 Å². The van der Waals surface area contributed by atoms with Gasteiger partial charge in [0.15, 0.2) is 17.4 Å². The van der Waals surface area contributed by atoms with E-state index in [-0.39, 0.29) is 52.3 Å². The van der Waals surface area contributed by atoms with E-state index in [0.29, 0.717) is 18.3 Å². The van der Waals surface area contributed by atoms with E-state index in [2.05, 4.69) is 33.8 Å². The number of hydrogen-bond acceptors (Lipinski definition) is 5. The molecule has 2 saturated heterocycles. The lowest BCUT2D eigenvalue weighted by molar-refractivity contribution is -0.271. The third kappa shape index (κ3) is 2.66. The van der Waals surface area contributed by atoms with Crippen LogP contribution in [0.25, 0.3) is 0 Å². The van der Waals surface area contributed by atoms with Crippen LogP contribution in [0.4, 0.5) is 0 Å². The van der Waals surface area contributed by atoms with Crippen LogP contribution in [-0.4, -0.2) is 30.1 Å². The van der Waals surface area contributed by atoms with Gasteiger partial charge in [-0.1, -0.05) is 39.3 Å². The molecule has 0 aromatic heterocycles. The molecule has 0 bridgehead atoms. The molecule has 2 aliphatic heterocycles. The number of rotatable bonds is 0. The van der Waals surface area contributed by atoms with Gasteiger partial charge in [0.25, 0.3) is 0 Å². The molecule has 5 heteroatoms. The quantitative estimate of drug-likeness (QED) is 0.532. The highest BCUT2D eigenvalue weighted by molar-refractivity contribution is 6.01. The van der Waals surface area contributed by atoms with Crippen molar-refractivity contribution in [2.45, 2.75) is 78.1 Å². The first kappa shape index (κ1) is 21.7. The number of carbonyl (C=O) groups excluding carboxylic acids is 2. The van der Waals surface area contributed by atoms with Crippen LogP contribution in [0.2, 0.25) is 0 Å². The highest BCUT2D eigenvalue weighted by Crippen LogP contribution is 2.68. The van der Waals surface area contributed by atoms with Crippen LogP contribution in [0, 0.1) is 57.7 Å². The first-order valence-electron chi connectivity index (χ1n) is 12.9. The number of ketones is 2. The maximum absolute atomic E-state index is 14.0. The van der Waals surface area contributed by atoms with E-state index in [4.69, 9.17) is 9.47 Å². The van der Waals surface area contributed by atoms with Crippen molar-refractivity contribution >= 4 is 11.6 Å². The molecular formula is C28H35NO4. The van der Waals surface area contributed by atoms with E-state index in [1.54, 1.807) is 0 Å². The van der Waals surface area contributed by atoms with Gasteiger partial charge in [0.2, 0.25) is 0 Å². The molecule has 0 N–H and O–H groups in total. The zero-order valence-corrected chi connectivity index (χ0v) is 20.2. The highest BCUT2D eigenvalue weighted by Gasteiger charge is 2.70. The molecule has 33 heavy (non-hydrogen) atoms. The van der Waals surface area contributed by atoms with Crippen LogP contribution in [0.3, 0.4) is 0 Å². The van der Waals surface area contributed by atoms with Crippen molar-refractivity contribution in [2.75, 3.05) is 6.61 Å². The number of nitrogens with zero attached hydrogens (tertiary/aromatic N) is 1. The van der Waals surface area contributed by atoms with Crippen LogP contribution in [0.1, 0.15) is 66.2 Å². The second-order valence-corrected chi connectivity index (χ2v) is 12.3. The number of hydrogen-bond donors (Lipinski definition) is 0. The van der Waals surface area contributed by atoms with Crippen molar-refractivity contribution in [3.63, 3.8) is 0 Å². The molecule has 10 atom stereocenters. The Bertz CT molecular complexity index is 1030. The van der Waals surface area contributed by atoms with Gasteiger partial charge in [-0.3, -0.25) is 9.59 Å². The summed E-state index contributed by atoms with van der Waals surface area (Å²) in [5.41, 5.74) is 0.606. The summed E-state index contributed by atoms with van der Waals surface area (Å²) in [6.45, 7) is 9.54. The van der Waals surface area contributed by atoms with Crippen LogP contribution in [0.15, 0.2) is 23.3 Å². The van der Waals surface area contributed by atoms with Crippen LogP contribution in [-0.2, 0) is 19.1 Å². The van der Waals surface area contributed by atoms with E-state index in [9.17, 15) is 14.9 Å². The molecule has 0 aromatic rings. The number of Topliss-reactive ketones (excluding diaryl/α,β-unsaturated/α-hetero) is 1. The minimum absolute atomic E-state index is 0.0456. The zero-order chi connectivity index (χ0) is 23.3. The second-order valence-electron chi connectivity index (χ2n) is 12.3. The number of carbonyl (C=O) groups is 2. The smallest absolute Gasteiger partial charge is 0.173 e. The molecule has 176 valence electrons. The predicted octanol–water partition coefficient (Wildman–Crippen LogP) is 4.77. The Morgan fingerprint density at radius 2 is 1.94 bits per heavy atom. The van der Waals surface area contributed by atoms with E-state index in [0.717, 1.165) is 44.3 Å². The molecule has 0 radical (unpaired) electrons. The summed E-state index contributed by atoms with van der Waals surface area (Å²) in [6.07, 6.45) is 9.19. The molecular weight excluding hydrogens is 414 g/mol. The number of allylic oxidation sites excluding steroid dienone is 4. The molecule has 6 rings (SSSR count). The number of fused-ring (bicyclic) bond motifs is 7. The van der Waals surface area contributed by atoms with Crippen molar-refractivity contribution in [3.05, 3.63) is 23.3 Å². The lowest BCUT2D eigenvalue weighted by atomic mass is 9.49. The van der Waals surface area contributed by atoms with E-state index >= 15 is 0 Å². The lowest BCUT2D eigenvalue weighted by Crippen LogP contribution is -2.53. The van der Waals surface area contributed by atoms with Gasteiger partial charge in [-0.15, -0.1) is 0 Å². The number of nitriles is 1. The topological polar surface area (TPSA) is 76.4 Å². The van der Waals surface area contributed by atoms with Gasteiger partial charge in [-0.05, 0) is 55.4 Å². The summed E-state index contributed by atoms with van der Waals surface area (Å²) in [5, 5.41) is 9.53. The third-order valence-electron chi connectivity index (χ3n) is 10.8. The van der Waals surface area contributed by atoms with Crippen molar-refractivity contribution in [3.8, 4) is 6.07 Å². The Labute approximate surface area is 196 Å². The average Bonchev–Trinajstić information content (AvgIpc) is 3.23. The molecule has 0 unspecified atom stereocenters. The van der Waals surface area contributed by atoms with Gasteiger partial charge in [0.1, 0.15) is 6.07 Å². The minimum atomic E-state index is -0.530. The van der Waals surface area contributed by atoms with Gasteiger partial charge in [-0.2, -0.15) is 5.26 Å². The minimum Gasteiger partial charge on any atom is -0.349 e. The summed E-state index contributed by atoms with van der Waals surface area (Å²) in [7, 11) is 0. The Balaban J connectivity index is 1.38. The van der Waals surface area contributed by atoms with Gasteiger partial charge < -0.3 is 9.47 Å². The standard InChI is InChI=1S/C28H35NO4/c1-15-7-8-28(32-14-15)16(2)25-23(33-28)10-21-19-6-5-18-9-22(30)17(13-29)12-26(18,3)20(19)11-24(31)27(21,25)4/h11-12,15-16,18-19,21,23,25H,5-10,14H2,1-4H3/t15-,16+,18+,19-,21+,23+,25+,26+,27-,28-/m1/s1. The summed E-state index contributed by atoms with van der Waals surface area (Å²) < 4.78 is 13.1. The Morgan fingerprint density at radius 1 is 1.15 bits per heavy atom. The third-order valence-corrected chi connectivity index (χ3v) is 10.8. The molecule has 4 fully saturated rings. The molecule has 2 heterocycles. The number of ether oxygens (including phenoxy) is 2.